The van der Waals surface area contributed by atoms with Gasteiger partial charge in [-0.1, -0.05) is 0 Å². The lowest BCUT2D eigenvalue weighted by Crippen LogP contribution is -2.44. The first-order valence-corrected chi connectivity index (χ1v) is 6.66. The molecule has 0 amide bonds. The van der Waals surface area contributed by atoms with E-state index in [9.17, 15) is 0 Å². The van der Waals surface area contributed by atoms with Crippen molar-refractivity contribution in [2.75, 3.05) is 33.7 Å². The molecule has 0 bridgehead atoms. The normalized spacial score (nSPS) is 29.6. The van der Waals surface area contributed by atoms with E-state index in [1.807, 2.05) is 7.05 Å². The molecular weight excluding hydrogens is 198 g/mol. The van der Waals surface area contributed by atoms with Crippen molar-refractivity contribution < 1.29 is 0 Å². The zero-order valence-corrected chi connectivity index (χ0v) is 11.7. The lowest BCUT2D eigenvalue weighted by Gasteiger charge is -2.34. The van der Waals surface area contributed by atoms with Gasteiger partial charge in [-0.05, 0) is 60.8 Å². The van der Waals surface area contributed by atoms with Gasteiger partial charge in [0, 0.05) is 24.7 Å². The maximum atomic E-state index is 3.27. The molecule has 2 atom stereocenters. The highest BCUT2D eigenvalue weighted by Crippen LogP contribution is 2.18. The highest BCUT2D eigenvalue weighted by molar-refractivity contribution is 4.84. The molecule has 2 unspecified atom stereocenters. The van der Waals surface area contributed by atoms with E-state index in [1.165, 1.54) is 25.9 Å². The summed E-state index contributed by atoms with van der Waals surface area (Å²) in [6.07, 6.45) is 2.55. The van der Waals surface area contributed by atoms with Crippen LogP contribution in [0.4, 0.5) is 0 Å². The average Bonchev–Trinajstić information content (AvgIpc) is 2.37. The number of hydrogen-bond acceptors (Lipinski definition) is 3. The van der Waals surface area contributed by atoms with Crippen LogP contribution in [0.5, 0.6) is 0 Å². The molecule has 0 aromatic heterocycles. The molecule has 0 aromatic rings. The van der Waals surface area contributed by atoms with Crippen LogP contribution < -0.4 is 5.32 Å². The van der Waals surface area contributed by atoms with Gasteiger partial charge in [0.15, 0.2) is 0 Å². The molecule has 16 heavy (non-hydrogen) atoms. The lowest BCUT2D eigenvalue weighted by atomic mass is 10.1. The largest absolute Gasteiger partial charge is 0.320 e. The first-order valence-electron chi connectivity index (χ1n) is 6.66. The number of nitrogens with zero attached hydrogens (tertiary/aromatic N) is 2. The van der Waals surface area contributed by atoms with Crippen LogP contribution in [0.25, 0.3) is 0 Å². The van der Waals surface area contributed by atoms with E-state index in [4.69, 9.17) is 0 Å². The van der Waals surface area contributed by atoms with Crippen LogP contribution in [0.1, 0.15) is 33.6 Å². The minimum absolute atomic E-state index is 0.665. The van der Waals surface area contributed by atoms with Gasteiger partial charge < -0.3 is 10.2 Å². The summed E-state index contributed by atoms with van der Waals surface area (Å²) >= 11 is 0. The molecule has 0 spiro atoms. The van der Waals surface area contributed by atoms with E-state index < -0.39 is 0 Å². The Morgan fingerprint density at radius 2 is 2.06 bits per heavy atom. The van der Waals surface area contributed by atoms with Crippen molar-refractivity contribution in [2.45, 2.75) is 51.7 Å². The lowest BCUT2D eigenvalue weighted by molar-refractivity contribution is 0.142. The third-order valence-electron chi connectivity index (χ3n) is 3.90. The van der Waals surface area contributed by atoms with Crippen LogP contribution in [-0.4, -0.2) is 61.7 Å². The third-order valence-corrected chi connectivity index (χ3v) is 3.90. The van der Waals surface area contributed by atoms with Crippen LogP contribution in [0.15, 0.2) is 0 Å². The second-order valence-corrected chi connectivity index (χ2v) is 5.45. The molecular formula is C13H29N3. The van der Waals surface area contributed by atoms with Crippen molar-refractivity contribution in [3.8, 4) is 0 Å². The number of rotatable bonds is 4. The smallest absolute Gasteiger partial charge is 0.0232 e. The molecule has 1 rings (SSSR count). The van der Waals surface area contributed by atoms with Gasteiger partial charge in [-0.25, -0.2) is 0 Å². The summed E-state index contributed by atoms with van der Waals surface area (Å²) in [7, 11) is 4.32. The van der Waals surface area contributed by atoms with Gasteiger partial charge in [0.1, 0.15) is 0 Å². The highest BCUT2D eigenvalue weighted by atomic mass is 15.3. The van der Waals surface area contributed by atoms with Crippen LogP contribution in [0.3, 0.4) is 0 Å². The van der Waals surface area contributed by atoms with Crippen LogP contribution >= 0.6 is 0 Å². The van der Waals surface area contributed by atoms with Gasteiger partial charge in [0.25, 0.3) is 0 Å². The predicted octanol–water partition coefficient (Wildman–Crippen LogP) is 1.40. The Balaban J connectivity index is 2.60. The summed E-state index contributed by atoms with van der Waals surface area (Å²) in [6, 6.07) is 2.10. The molecule has 1 aliphatic rings. The fourth-order valence-corrected chi connectivity index (χ4v) is 2.64. The maximum absolute atomic E-state index is 3.27. The number of hydrogen-bond donors (Lipinski definition) is 1. The average molecular weight is 227 g/mol. The fraction of sp³-hybridized carbons (Fsp3) is 1.00. The monoisotopic (exact) mass is 227 g/mol. The fourth-order valence-electron chi connectivity index (χ4n) is 2.64. The molecule has 1 N–H and O–H groups in total. The van der Waals surface area contributed by atoms with Gasteiger partial charge in [-0.15, -0.1) is 0 Å². The second kappa shape index (κ2) is 6.58. The van der Waals surface area contributed by atoms with E-state index >= 15 is 0 Å². The van der Waals surface area contributed by atoms with Gasteiger partial charge in [0.05, 0.1) is 0 Å². The summed E-state index contributed by atoms with van der Waals surface area (Å²) in [4.78, 5) is 5.19. The molecule has 1 heterocycles. The topological polar surface area (TPSA) is 18.5 Å². The van der Waals surface area contributed by atoms with E-state index in [0.29, 0.717) is 12.1 Å². The van der Waals surface area contributed by atoms with E-state index in [1.54, 1.807) is 0 Å². The third kappa shape index (κ3) is 3.72. The first kappa shape index (κ1) is 13.9. The van der Waals surface area contributed by atoms with Gasteiger partial charge in [0.2, 0.25) is 0 Å². The van der Waals surface area contributed by atoms with Crippen molar-refractivity contribution in [3.63, 3.8) is 0 Å². The Hall–Kier alpha value is -0.120. The van der Waals surface area contributed by atoms with Crippen LogP contribution in [0.2, 0.25) is 0 Å². The van der Waals surface area contributed by atoms with Crippen molar-refractivity contribution in [3.05, 3.63) is 0 Å². The van der Waals surface area contributed by atoms with Crippen molar-refractivity contribution in [1.82, 2.24) is 15.1 Å². The molecule has 1 saturated heterocycles. The standard InChI is InChI=1S/C13H29N3/c1-11(2)16-10-13(6-8-14-4)15(5)9-7-12(16)3/h11-14H,6-10H2,1-5H3. The maximum Gasteiger partial charge on any atom is 0.0232 e. The van der Waals surface area contributed by atoms with Gasteiger partial charge in [-0.3, -0.25) is 4.90 Å². The Morgan fingerprint density at radius 3 is 2.62 bits per heavy atom. The van der Waals surface area contributed by atoms with Crippen molar-refractivity contribution >= 4 is 0 Å². The Labute approximate surface area is 101 Å². The molecule has 1 fully saturated rings. The molecule has 3 nitrogen and oxygen atoms in total. The number of nitrogens with one attached hydrogen (secondary N) is 1. The van der Waals surface area contributed by atoms with Gasteiger partial charge in [-0.2, -0.15) is 0 Å². The van der Waals surface area contributed by atoms with E-state index in [2.05, 4.69) is 42.9 Å². The summed E-state index contributed by atoms with van der Waals surface area (Å²) < 4.78 is 0. The van der Waals surface area contributed by atoms with Crippen LogP contribution in [0, 0.1) is 0 Å². The zero-order chi connectivity index (χ0) is 12.1. The molecule has 1 aliphatic heterocycles. The molecule has 0 saturated carbocycles. The summed E-state index contributed by atoms with van der Waals surface area (Å²) in [5.41, 5.74) is 0. The minimum Gasteiger partial charge on any atom is -0.320 e. The quantitative estimate of drug-likeness (QED) is 0.783. The van der Waals surface area contributed by atoms with Crippen LogP contribution in [-0.2, 0) is 0 Å². The van der Waals surface area contributed by atoms with Crippen molar-refractivity contribution in [1.29, 1.82) is 0 Å². The first-order chi connectivity index (χ1) is 7.56. The molecule has 0 aromatic carbocycles. The minimum atomic E-state index is 0.665. The van der Waals surface area contributed by atoms with E-state index in [0.717, 1.165) is 12.6 Å². The number of likely N-dealkylation sites (N-methyl/N-ethyl adjacent to an activating group) is 1. The molecule has 0 radical (unpaired) electrons. The molecule has 0 aliphatic carbocycles. The van der Waals surface area contributed by atoms with Crippen molar-refractivity contribution in [2.24, 2.45) is 0 Å². The zero-order valence-electron chi connectivity index (χ0n) is 11.7. The molecule has 96 valence electrons. The SMILES string of the molecule is CNCCC1CN(C(C)C)C(C)CCN1C. The Bertz CT molecular complexity index is 194. The molecule has 3 heteroatoms. The Kier molecular flexibility index (Phi) is 5.73. The Morgan fingerprint density at radius 1 is 1.38 bits per heavy atom. The predicted molar refractivity (Wildman–Crippen MR) is 70.9 cm³/mol. The summed E-state index contributed by atoms with van der Waals surface area (Å²) in [5.74, 6) is 0. The van der Waals surface area contributed by atoms with Gasteiger partial charge >= 0.3 is 0 Å². The second-order valence-electron chi connectivity index (χ2n) is 5.45. The highest BCUT2D eigenvalue weighted by Gasteiger charge is 2.27. The summed E-state index contributed by atoms with van der Waals surface area (Å²) in [6.45, 7) is 10.6. The summed E-state index contributed by atoms with van der Waals surface area (Å²) in [5, 5.41) is 3.27. The van der Waals surface area contributed by atoms with E-state index in [-0.39, 0.29) is 0 Å².